The summed E-state index contributed by atoms with van der Waals surface area (Å²) >= 11 is 0. The van der Waals surface area contributed by atoms with Crippen LogP contribution < -0.4 is 20.5 Å². The Morgan fingerprint density at radius 1 is 0.955 bits per heavy atom. The number of hydrogen-bond donors (Lipinski definition) is 6. The van der Waals surface area contributed by atoms with E-state index in [0.29, 0.717) is 17.8 Å². The average Bonchev–Trinajstić information content (AvgIpc) is 2.93. The fourth-order valence-electron chi connectivity index (χ4n) is 4.26. The first-order valence-corrected chi connectivity index (χ1v) is 15.6. The number of carbonyl (C=O) groups is 1. The zero-order valence-electron chi connectivity index (χ0n) is 22.4. The lowest BCUT2D eigenvalue weighted by atomic mass is 10.1. The van der Waals surface area contributed by atoms with E-state index in [1.807, 2.05) is 30.3 Å². The molecule has 232 valence electrons. The molecule has 0 radical (unpaired) electrons. The molecule has 1 unspecified atom stereocenters. The molecular formula is C28H25F3N4O7S2. The van der Waals surface area contributed by atoms with Crippen molar-refractivity contribution in [3.8, 4) is 5.75 Å². The van der Waals surface area contributed by atoms with E-state index < -0.39 is 53.7 Å². The summed E-state index contributed by atoms with van der Waals surface area (Å²) in [5.41, 5.74) is -0.105. The van der Waals surface area contributed by atoms with Gasteiger partial charge in [0, 0.05) is 12.1 Å². The first kappa shape index (κ1) is 32.3. The standard InChI is InChI=1S/C15H14F3N3O4S2.C13H11NO3/c16-15(17,18)10-7-11-13(8-12(10)26(19,22)23)27(24,25)21-14(20-11)6-9-4-2-1-3-5-9;15-12-10(13(16)17)7-4-8-11(12)14-9-5-2-1-3-6-9/h1-5,7-8,14,20-21H,6H2,(H2,19,22,23);1-8,14-15H,(H,16,17). The third-order valence-corrected chi connectivity index (χ3v) is 8.67. The highest BCUT2D eigenvalue weighted by Crippen LogP contribution is 2.39. The molecule has 4 aromatic rings. The number of benzene rings is 4. The fraction of sp³-hybridized carbons (Fsp3) is 0.107. The monoisotopic (exact) mass is 650 g/mol. The number of alkyl halides is 3. The highest BCUT2D eigenvalue weighted by atomic mass is 32.2. The van der Waals surface area contributed by atoms with Crippen molar-refractivity contribution in [1.29, 1.82) is 0 Å². The molecule has 1 atom stereocenters. The molecule has 11 nitrogen and oxygen atoms in total. The molecule has 44 heavy (non-hydrogen) atoms. The van der Waals surface area contributed by atoms with Crippen molar-refractivity contribution in [3.63, 3.8) is 0 Å². The number of nitrogens with two attached hydrogens (primary N) is 1. The second kappa shape index (κ2) is 12.5. The van der Waals surface area contributed by atoms with Gasteiger partial charge in [0.25, 0.3) is 0 Å². The van der Waals surface area contributed by atoms with Gasteiger partial charge in [-0.15, -0.1) is 0 Å². The molecule has 1 aliphatic rings. The molecule has 0 saturated carbocycles. The number of halogens is 3. The third kappa shape index (κ3) is 7.65. The van der Waals surface area contributed by atoms with E-state index in [0.717, 1.165) is 11.3 Å². The van der Waals surface area contributed by atoms with Gasteiger partial charge in [0.2, 0.25) is 20.0 Å². The average molecular weight is 651 g/mol. The number of primary sulfonamides is 1. The predicted molar refractivity (Wildman–Crippen MR) is 155 cm³/mol. The molecule has 5 rings (SSSR count). The van der Waals surface area contributed by atoms with Crippen molar-refractivity contribution >= 4 is 43.1 Å². The van der Waals surface area contributed by atoms with E-state index in [4.69, 9.17) is 10.2 Å². The van der Waals surface area contributed by atoms with Gasteiger partial charge in [-0.3, -0.25) is 0 Å². The molecule has 1 heterocycles. The molecule has 0 spiro atoms. The Balaban J connectivity index is 0.000000223. The van der Waals surface area contributed by atoms with Gasteiger partial charge in [0.15, 0.2) is 5.75 Å². The van der Waals surface area contributed by atoms with Crippen LogP contribution in [0.2, 0.25) is 0 Å². The predicted octanol–water partition coefficient (Wildman–Crippen LogP) is 4.46. The number of para-hydroxylation sites is 2. The first-order chi connectivity index (χ1) is 20.6. The van der Waals surface area contributed by atoms with E-state index >= 15 is 0 Å². The Morgan fingerprint density at radius 3 is 2.14 bits per heavy atom. The molecule has 4 aromatic carbocycles. The van der Waals surface area contributed by atoms with Gasteiger partial charge in [0.1, 0.15) is 10.5 Å². The Bertz CT molecular complexity index is 1890. The minimum absolute atomic E-state index is 0.120. The lowest BCUT2D eigenvalue weighted by molar-refractivity contribution is -0.139. The molecule has 0 aliphatic carbocycles. The molecule has 0 bridgehead atoms. The van der Waals surface area contributed by atoms with Crippen molar-refractivity contribution < 1.29 is 45.0 Å². The van der Waals surface area contributed by atoms with Crippen LogP contribution in [0.25, 0.3) is 0 Å². The zero-order chi connectivity index (χ0) is 32.3. The number of aromatic carboxylic acids is 1. The van der Waals surface area contributed by atoms with Crippen molar-refractivity contribution in [1.82, 2.24) is 4.72 Å². The Morgan fingerprint density at radius 2 is 1.57 bits per heavy atom. The van der Waals surface area contributed by atoms with Crippen molar-refractivity contribution in [3.05, 3.63) is 108 Å². The SMILES string of the molecule is NS(=O)(=O)c1cc2c(cc1C(F)(F)F)NC(Cc1ccccc1)NS2(=O)=O.O=C(O)c1cccc(Nc2ccccc2)c1O. The first-order valence-electron chi connectivity index (χ1n) is 12.5. The summed E-state index contributed by atoms with van der Waals surface area (Å²) in [5.74, 6) is -1.41. The van der Waals surface area contributed by atoms with Gasteiger partial charge in [-0.25, -0.2) is 26.8 Å². The van der Waals surface area contributed by atoms with Crippen molar-refractivity contribution in [2.24, 2.45) is 5.14 Å². The minimum atomic E-state index is -5.04. The fourth-order valence-corrected chi connectivity index (χ4v) is 6.42. The van der Waals surface area contributed by atoms with Crippen LogP contribution in [0.5, 0.6) is 5.75 Å². The smallest absolute Gasteiger partial charge is 0.417 e. The second-order valence-electron chi connectivity index (χ2n) is 9.39. The quantitative estimate of drug-likeness (QED) is 0.164. The Kier molecular flexibility index (Phi) is 9.19. The lowest BCUT2D eigenvalue weighted by Crippen LogP contribution is -2.46. The van der Waals surface area contributed by atoms with Gasteiger partial charge >= 0.3 is 12.1 Å². The highest BCUT2D eigenvalue weighted by Gasteiger charge is 2.40. The molecule has 16 heteroatoms. The zero-order valence-corrected chi connectivity index (χ0v) is 24.0. The third-order valence-electron chi connectivity index (χ3n) is 6.21. The molecular weight excluding hydrogens is 625 g/mol. The normalized spacial score (nSPS) is 15.6. The maximum Gasteiger partial charge on any atom is 0.417 e. The van der Waals surface area contributed by atoms with E-state index in [-0.39, 0.29) is 23.4 Å². The number of aromatic hydroxyl groups is 1. The summed E-state index contributed by atoms with van der Waals surface area (Å²) in [5, 5.41) is 29.1. The lowest BCUT2D eigenvalue weighted by Gasteiger charge is -2.29. The van der Waals surface area contributed by atoms with Crippen molar-refractivity contribution in [2.45, 2.75) is 28.6 Å². The largest absolute Gasteiger partial charge is 0.505 e. The van der Waals surface area contributed by atoms with Crippen LogP contribution in [-0.4, -0.2) is 39.2 Å². The van der Waals surface area contributed by atoms with Gasteiger partial charge in [-0.05, 0) is 42.0 Å². The molecule has 0 fully saturated rings. The van der Waals surface area contributed by atoms with Crippen LogP contribution in [0.3, 0.4) is 0 Å². The summed E-state index contributed by atoms with van der Waals surface area (Å²) in [6.45, 7) is 0. The topological polar surface area (TPSA) is 188 Å². The number of rotatable bonds is 6. The maximum atomic E-state index is 13.3. The number of sulfonamides is 2. The number of phenols is 1. The number of hydrogen-bond acceptors (Lipinski definition) is 8. The molecule has 7 N–H and O–H groups in total. The highest BCUT2D eigenvalue weighted by molar-refractivity contribution is 7.90. The van der Waals surface area contributed by atoms with Crippen LogP contribution in [-0.2, 0) is 32.6 Å². The van der Waals surface area contributed by atoms with Crippen LogP contribution in [0, 0.1) is 0 Å². The van der Waals surface area contributed by atoms with E-state index in [1.165, 1.54) is 6.07 Å². The summed E-state index contributed by atoms with van der Waals surface area (Å²) in [7, 11) is -9.06. The van der Waals surface area contributed by atoms with Crippen LogP contribution in [0.4, 0.5) is 30.2 Å². The van der Waals surface area contributed by atoms with Gasteiger partial charge in [0.05, 0.1) is 28.0 Å². The maximum absolute atomic E-state index is 13.3. The second-order valence-corrected chi connectivity index (χ2v) is 12.6. The van der Waals surface area contributed by atoms with Crippen LogP contribution in [0.15, 0.2) is 101 Å². The molecule has 0 aromatic heterocycles. The van der Waals surface area contributed by atoms with E-state index in [1.54, 1.807) is 42.5 Å². The van der Waals surface area contributed by atoms with Gasteiger partial charge in [-0.2, -0.15) is 17.9 Å². The Hall–Kier alpha value is -4.64. The van der Waals surface area contributed by atoms with Crippen LogP contribution >= 0.6 is 0 Å². The number of carboxylic acid groups (broad SMARTS) is 1. The molecule has 0 amide bonds. The van der Waals surface area contributed by atoms with Crippen LogP contribution in [0.1, 0.15) is 21.5 Å². The Labute approximate surface area is 250 Å². The summed E-state index contributed by atoms with van der Waals surface area (Å²) in [4.78, 5) is 8.91. The van der Waals surface area contributed by atoms with Gasteiger partial charge < -0.3 is 20.8 Å². The molecule has 0 saturated heterocycles. The summed E-state index contributed by atoms with van der Waals surface area (Å²) in [6.07, 6.45) is -5.79. The van der Waals surface area contributed by atoms with Gasteiger partial charge in [-0.1, -0.05) is 54.6 Å². The number of nitrogens with one attached hydrogen (secondary N) is 3. The summed E-state index contributed by atoms with van der Waals surface area (Å²) in [6, 6.07) is 23.3. The number of carboxylic acids is 1. The minimum Gasteiger partial charge on any atom is -0.505 e. The number of anilines is 3. The van der Waals surface area contributed by atoms with Crippen molar-refractivity contribution in [2.75, 3.05) is 10.6 Å². The molecule has 1 aliphatic heterocycles. The number of fused-ring (bicyclic) bond motifs is 1. The van der Waals surface area contributed by atoms with E-state index in [9.17, 15) is 39.9 Å². The van der Waals surface area contributed by atoms with E-state index in [2.05, 4.69) is 15.4 Å². The summed E-state index contributed by atoms with van der Waals surface area (Å²) < 4.78 is 90.1.